The summed E-state index contributed by atoms with van der Waals surface area (Å²) < 4.78 is 1.86. The van der Waals surface area contributed by atoms with Gasteiger partial charge < -0.3 is 15.4 Å². The van der Waals surface area contributed by atoms with Crippen molar-refractivity contribution < 1.29 is 14.7 Å². The van der Waals surface area contributed by atoms with Crippen molar-refractivity contribution in [3.8, 4) is 5.69 Å². The van der Waals surface area contributed by atoms with Crippen LogP contribution < -0.4 is 5.32 Å². The lowest BCUT2D eigenvalue weighted by molar-refractivity contribution is -0.141. The smallest absolute Gasteiger partial charge is 0.326 e. The number of rotatable bonds is 8. The summed E-state index contributed by atoms with van der Waals surface area (Å²) in [6.07, 6.45) is 1.97. The van der Waals surface area contributed by atoms with E-state index >= 15 is 0 Å². The van der Waals surface area contributed by atoms with Crippen molar-refractivity contribution in [3.63, 3.8) is 0 Å². The first-order chi connectivity index (χ1) is 15.0. The Labute approximate surface area is 182 Å². The van der Waals surface area contributed by atoms with Gasteiger partial charge in [-0.15, -0.1) is 10.2 Å². The van der Waals surface area contributed by atoms with E-state index in [0.717, 1.165) is 22.2 Å². The van der Waals surface area contributed by atoms with Crippen LogP contribution in [0.4, 0.5) is 0 Å². The van der Waals surface area contributed by atoms with Crippen molar-refractivity contribution in [3.05, 3.63) is 72.2 Å². The maximum absolute atomic E-state index is 12.5. The van der Waals surface area contributed by atoms with E-state index in [1.165, 1.54) is 11.8 Å². The van der Waals surface area contributed by atoms with Crippen molar-refractivity contribution in [1.29, 1.82) is 0 Å². The Balaban J connectivity index is 1.42. The van der Waals surface area contributed by atoms with Gasteiger partial charge in [0.25, 0.3) is 0 Å². The van der Waals surface area contributed by atoms with Gasteiger partial charge in [0.15, 0.2) is 5.16 Å². The molecule has 2 aromatic heterocycles. The van der Waals surface area contributed by atoms with E-state index in [4.69, 9.17) is 0 Å². The minimum atomic E-state index is -1.08. The molecule has 0 aliphatic carbocycles. The average molecular weight is 436 g/mol. The number of H-pyrrole nitrogens is 1. The van der Waals surface area contributed by atoms with Gasteiger partial charge in [0, 0.05) is 29.2 Å². The van der Waals surface area contributed by atoms with Crippen molar-refractivity contribution >= 4 is 34.5 Å². The maximum atomic E-state index is 12.5. The van der Waals surface area contributed by atoms with Crippen molar-refractivity contribution in [2.24, 2.45) is 0 Å². The maximum Gasteiger partial charge on any atom is 0.326 e. The molecule has 9 heteroatoms. The first kappa shape index (κ1) is 20.7. The lowest BCUT2D eigenvalue weighted by Crippen LogP contribution is -2.43. The summed E-state index contributed by atoms with van der Waals surface area (Å²) in [6.45, 7) is 1.84. The van der Waals surface area contributed by atoms with Crippen LogP contribution >= 0.6 is 11.8 Å². The SMILES string of the molecule is Cc1nnc(SCC(=O)N[C@@H](Cc2c[nH]c3ccccc23)C(=O)O)n1-c1ccccc1. The molecule has 0 radical (unpaired) electrons. The zero-order valence-electron chi connectivity index (χ0n) is 16.8. The van der Waals surface area contributed by atoms with Gasteiger partial charge in [-0.3, -0.25) is 9.36 Å². The van der Waals surface area contributed by atoms with Gasteiger partial charge >= 0.3 is 5.97 Å². The molecule has 0 aliphatic rings. The summed E-state index contributed by atoms with van der Waals surface area (Å²) in [5.74, 6) is -0.718. The Morgan fingerprint density at radius 3 is 2.65 bits per heavy atom. The number of nitrogens with zero attached hydrogens (tertiary/aromatic N) is 3. The normalized spacial score (nSPS) is 12.0. The van der Waals surface area contributed by atoms with Crippen LogP contribution in [-0.4, -0.2) is 48.5 Å². The molecule has 2 aromatic carbocycles. The molecule has 4 rings (SSSR count). The monoisotopic (exact) mass is 435 g/mol. The predicted molar refractivity (Wildman–Crippen MR) is 118 cm³/mol. The van der Waals surface area contributed by atoms with E-state index < -0.39 is 12.0 Å². The summed E-state index contributed by atoms with van der Waals surface area (Å²) in [5.41, 5.74) is 2.67. The molecule has 0 unspecified atom stereocenters. The number of thioether (sulfide) groups is 1. The molecule has 0 aliphatic heterocycles. The summed E-state index contributed by atoms with van der Waals surface area (Å²) >= 11 is 1.21. The second-order valence-electron chi connectivity index (χ2n) is 7.01. The topological polar surface area (TPSA) is 113 Å². The number of aryl methyl sites for hydroxylation is 1. The number of benzene rings is 2. The highest BCUT2D eigenvalue weighted by Crippen LogP contribution is 2.22. The number of para-hydroxylation sites is 2. The first-order valence-corrected chi connectivity index (χ1v) is 10.7. The number of carbonyl (C=O) groups excluding carboxylic acids is 1. The minimum Gasteiger partial charge on any atom is -0.480 e. The number of hydrogen-bond donors (Lipinski definition) is 3. The van der Waals surface area contributed by atoms with Gasteiger partial charge in [-0.1, -0.05) is 48.2 Å². The van der Waals surface area contributed by atoms with Crippen molar-refractivity contribution in [2.75, 3.05) is 5.75 Å². The second-order valence-corrected chi connectivity index (χ2v) is 7.95. The fourth-order valence-electron chi connectivity index (χ4n) is 3.40. The number of aromatic nitrogens is 4. The molecule has 0 saturated heterocycles. The van der Waals surface area contributed by atoms with Crippen molar-refractivity contribution in [1.82, 2.24) is 25.1 Å². The molecule has 2 heterocycles. The number of hydrogen-bond acceptors (Lipinski definition) is 5. The third kappa shape index (κ3) is 4.61. The second kappa shape index (κ2) is 9.05. The number of carboxylic acids is 1. The van der Waals surface area contributed by atoms with Crippen LogP contribution in [0.25, 0.3) is 16.6 Å². The molecule has 0 fully saturated rings. The minimum absolute atomic E-state index is 0.0304. The molecule has 0 saturated carbocycles. The molecule has 4 aromatic rings. The Kier molecular flexibility index (Phi) is 6.03. The molecule has 1 atom stereocenters. The van der Waals surface area contributed by atoms with Gasteiger partial charge in [-0.25, -0.2) is 4.79 Å². The average Bonchev–Trinajstić information content (AvgIpc) is 3.35. The quantitative estimate of drug-likeness (QED) is 0.367. The number of nitrogens with one attached hydrogen (secondary N) is 2. The number of aromatic amines is 1. The molecule has 158 valence electrons. The van der Waals surface area contributed by atoms with E-state index in [-0.39, 0.29) is 18.1 Å². The molecule has 3 N–H and O–H groups in total. The highest BCUT2D eigenvalue weighted by Gasteiger charge is 2.22. The summed E-state index contributed by atoms with van der Waals surface area (Å²) in [6, 6.07) is 16.2. The Hall–Kier alpha value is -3.59. The number of carboxylic acid groups (broad SMARTS) is 1. The Morgan fingerprint density at radius 2 is 1.87 bits per heavy atom. The number of carbonyl (C=O) groups is 2. The van der Waals surface area contributed by atoms with Crippen LogP contribution in [0.1, 0.15) is 11.4 Å². The fourth-order valence-corrected chi connectivity index (χ4v) is 4.21. The standard InChI is InChI=1S/C22H21N5O3S/c1-14-25-26-22(27(14)16-7-3-2-4-8-16)31-13-20(28)24-19(21(29)30)11-15-12-23-18-10-6-5-9-17(15)18/h2-10,12,19,23H,11,13H2,1H3,(H,24,28)(H,29,30)/t19-/m0/s1. The van der Waals surface area contributed by atoms with Crippen molar-refractivity contribution in [2.45, 2.75) is 24.5 Å². The predicted octanol–water partition coefficient (Wildman–Crippen LogP) is 2.96. The van der Waals surface area contributed by atoms with Crippen LogP contribution in [-0.2, 0) is 16.0 Å². The van der Waals surface area contributed by atoms with Crippen LogP contribution in [0.3, 0.4) is 0 Å². The van der Waals surface area contributed by atoms with Gasteiger partial charge in [-0.05, 0) is 30.7 Å². The van der Waals surface area contributed by atoms with Gasteiger partial charge in [-0.2, -0.15) is 0 Å². The van der Waals surface area contributed by atoms with Crippen LogP contribution in [0, 0.1) is 6.92 Å². The van der Waals surface area contributed by atoms with Gasteiger partial charge in [0.2, 0.25) is 5.91 Å². The molecular weight excluding hydrogens is 414 g/mol. The van der Waals surface area contributed by atoms with E-state index in [9.17, 15) is 14.7 Å². The highest BCUT2D eigenvalue weighted by molar-refractivity contribution is 7.99. The number of aliphatic carboxylic acids is 1. The van der Waals surface area contributed by atoms with E-state index in [2.05, 4.69) is 20.5 Å². The van der Waals surface area contributed by atoms with Gasteiger partial charge in [0.1, 0.15) is 11.9 Å². The van der Waals surface area contributed by atoms with Crippen LogP contribution in [0.2, 0.25) is 0 Å². The Bertz CT molecular complexity index is 1220. The molecule has 31 heavy (non-hydrogen) atoms. The fraction of sp³-hybridized carbons (Fsp3) is 0.182. The van der Waals surface area contributed by atoms with Crippen LogP contribution in [0.5, 0.6) is 0 Å². The highest BCUT2D eigenvalue weighted by atomic mass is 32.2. The lowest BCUT2D eigenvalue weighted by Gasteiger charge is -2.14. The molecule has 1 amide bonds. The summed E-state index contributed by atoms with van der Waals surface area (Å²) in [4.78, 5) is 27.4. The number of amides is 1. The molecule has 0 spiro atoms. The number of fused-ring (bicyclic) bond motifs is 1. The first-order valence-electron chi connectivity index (χ1n) is 9.70. The zero-order valence-corrected chi connectivity index (χ0v) is 17.6. The van der Waals surface area contributed by atoms with Gasteiger partial charge in [0.05, 0.1) is 5.75 Å². The lowest BCUT2D eigenvalue weighted by atomic mass is 10.1. The third-order valence-electron chi connectivity index (χ3n) is 4.87. The largest absolute Gasteiger partial charge is 0.480 e. The molecular formula is C22H21N5O3S. The molecule has 8 nitrogen and oxygen atoms in total. The zero-order chi connectivity index (χ0) is 21.8. The van der Waals surface area contributed by atoms with E-state index in [1.54, 1.807) is 6.20 Å². The van der Waals surface area contributed by atoms with Crippen LogP contribution in [0.15, 0.2) is 66.0 Å². The van der Waals surface area contributed by atoms with E-state index in [1.807, 2.05) is 66.1 Å². The third-order valence-corrected chi connectivity index (χ3v) is 5.80. The van der Waals surface area contributed by atoms with E-state index in [0.29, 0.717) is 11.0 Å². The molecule has 0 bridgehead atoms. The summed E-state index contributed by atoms with van der Waals surface area (Å²) in [5, 5.41) is 22.0. The summed E-state index contributed by atoms with van der Waals surface area (Å²) in [7, 11) is 0. The Morgan fingerprint density at radius 1 is 1.13 bits per heavy atom.